The van der Waals surface area contributed by atoms with Crippen molar-refractivity contribution < 1.29 is 9.84 Å². The second kappa shape index (κ2) is 8.99. The van der Waals surface area contributed by atoms with Gasteiger partial charge in [-0.25, -0.2) is 0 Å². The summed E-state index contributed by atoms with van der Waals surface area (Å²) >= 11 is 3.44. The molecule has 2 rings (SSSR count). The maximum Gasteiger partial charge on any atom is 0.133 e. The lowest BCUT2D eigenvalue weighted by molar-refractivity contribution is 0.0427. The van der Waals surface area contributed by atoms with Crippen LogP contribution in [0.4, 0.5) is 0 Å². The van der Waals surface area contributed by atoms with Crippen LogP contribution in [0.15, 0.2) is 28.7 Å². The van der Waals surface area contributed by atoms with E-state index < -0.39 is 6.10 Å². The molecule has 1 aromatic carbocycles. The number of hydrogen-bond acceptors (Lipinski definition) is 3. The highest BCUT2D eigenvalue weighted by Gasteiger charge is 2.23. The van der Waals surface area contributed by atoms with Crippen LogP contribution in [-0.2, 0) is 0 Å². The van der Waals surface area contributed by atoms with Gasteiger partial charge < -0.3 is 14.7 Å². The van der Waals surface area contributed by atoms with Gasteiger partial charge in [-0.2, -0.15) is 0 Å². The van der Waals surface area contributed by atoms with Crippen molar-refractivity contribution in [3.05, 3.63) is 28.7 Å². The molecule has 1 fully saturated rings. The Morgan fingerprint density at radius 1 is 1.29 bits per heavy atom. The van der Waals surface area contributed by atoms with Crippen LogP contribution in [0, 0.1) is 11.8 Å². The Kier molecular flexibility index (Phi) is 8.03. The quantitative estimate of drug-likeness (QED) is 0.850. The molecule has 0 aromatic heterocycles. The average Bonchev–Trinajstić information content (AvgIpc) is 2.36. The van der Waals surface area contributed by atoms with Crippen molar-refractivity contribution >= 4 is 28.3 Å². The lowest BCUT2D eigenvalue weighted by Gasteiger charge is -2.35. The van der Waals surface area contributed by atoms with E-state index in [0.717, 1.165) is 35.1 Å². The molecule has 1 saturated heterocycles. The van der Waals surface area contributed by atoms with E-state index >= 15 is 0 Å². The van der Waals surface area contributed by atoms with Gasteiger partial charge in [0, 0.05) is 19.6 Å². The predicted octanol–water partition coefficient (Wildman–Crippen LogP) is 3.59. The summed E-state index contributed by atoms with van der Waals surface area (Å²) in [4.78, 5) is 2.35. The number of nitrogens with zero attached hydrogens (tertiary/aromatic N) is 1. The molecule has 0 aliphatic carbocycles. The van der Waals surface area contributed by atoms with Gasteiger partial charge in [0.1, 0.15) is 18.5 Å². The van der Waals surface area contributed by atoms with Gasteiger partial charge in [0.25, 0.3) is 0 Å². The van der Waals surface area contributed by atoms with Crippen molar-refractivity contribution in [2.45, 2.75) is 26.4 Å². The van der Waals surface area contributed by atoms with Gasteiger partial charge in [-0.1, -0.05) is 26.0 Å². The van der Waals surface area contributed by atoms with E-state index in [0.29, 0.717) is 13.2 Å². The van der Waals surface area contributed by atoms with Crippen LogP contribution in [0.3, 0.4) is 0 Å². The molecule has 0 saturated carbocycles. The normalized spacial score (nSPS) is 24.2. The fourth-order valence-electron chi connectivity index (χ4n) is 3.04. The third-order valence-electron chi connectivity index (χ3n) is 3.68. The minimum absolute atomic E-state index is 0. The summed E-state index contributed by atoms with van der Waals surface area (Å²) in [5.74, 6) is 2.22. The largest absolute Gasteiger partial charge is 0.490 e. The lowest BCUT2D eigenvalue weighted by Crippen LogP contribution is -2.44. The van der Waals surface area contributed by atoms with Gasteiger partial charge in [-0.15, -0.1) is 12.4 Å². The highest BCUT2D eigenvalue weighted by molar-refractivity contribution is 9.10. The third-order valence-corrected chi connectivity index (χ3v) is 4.34. The van der Waals surface area contributed by atoms with Crippen LogP contribution in [0.2, 0.25) is 0 Å². The Labute approximate surface area is 142 Å². The summed E-state index contributed by atoms with van der Waals surface area (Å²) in [5, 5.41) is 10.1. The third kappa shape index (κ3) is 6.15. The zero-order valence-electron chi connectivity index (χ0n) is 12.7. The topological polar surface area (TPSA) is 32.7 Å². The molecule has 1 N–H and O–H groups in total. The number of ether oxygens (including phenoxy) is 1. The first-order chi connectivity index (χ1) is 9.54. The first-order valence-corrected chi connectivity index (χ1v) is 8.11. The molecule has 1 aromatic rings. The molecule has 3 nitrogen and oxygen atoms in total. The Balaban J connectivity index is 0.00000220. The van der Waals surface area contributed by atoms with Gasteiger partial charge >= 0.3 is 0 Å². The van der Waals surface area contributed by atoms with Crippen LogP contribution in [0.5, 0.6) is 5.75 Å². The zero-order chi connectivity index (χ0) is 14.5. The highest BCUT2D eigenvalue weighted by atomic mass is 79.9. The number of piperidine rings is 1. The molecule has 0 amide bonds. The van der Waals surface area contributed by atoms with Crippen molar-refractivity contribution in [2.75, 3.05) is 26.2 Å². The smallest absolute Gasteiger partial charge is 0.133 e. The maximum atomic E-state index is 10.1. The summed E-state index contributed by atoms with van der Waals surface area (Å²) in [6.45, 7) is 7.76. The Morgan fingerprint density at radius 2 is 1.90 bits per heavy atom. The lowest BCUT2D eigenvalue weighted by atomic mass is 9.92. The fourth-order valence-corrected chi connectivity index (χ4v) is 3.44. The number of aliphatic hydroxyl groups is 1. The van der Waals surface area contributed by atoms with Crippen LogP contribution in [0.25, 0.3) is 0 Å². The van der Waals surface area contributed by atoms with Crippen molar-refractivity contribution in [1.82, 2.24) is 4.90 Å². The van der Waals surface area contributed by atoms with E-state index in [2.05, 4.69) is 34.7 Å². The number of halogens is 2. The fraction of sp³-hybridized carbons (Fsp3) is 0.625. The number of rotatable bonds is 5. The summed E-state index contributed by atoms with van der Waals surface area (Å²) in [5.41, 5.74) is 0. The summed E-state index contributed by atoms with van der Waals surface area (Å²) < 4.78 is 6.59. The first-order valence-electron chi connectivity index (χ1n) is 7.32. The average molecular weight is 379 g/mol. The SMILES string of the molecule is CC1CC(C)CN(CC(O)COc2ccccc2Br)C1.Cl. The molecule has 5 heteroatoms. The molecule has 0 radical (unpaired) electrons. The zero-order valence-corrected chi connectivity index (χ0v) is 15.1. The number of aliphatic hydroxyl groups excluding tert-OH is 1. The molecule has 0 spiro atoms. The van der Waals surface area contributed by atoms with Crippen LogP contribution < -0.4 is 4.74 Å². The Morgan fingerprint density at radius 3 is 2.52 bits per heavy atom. The molecule has 21 heavy (non-hydrogen) atoms. The molecule has 1 aliphatic rings. The summed E-state index contributed by atoms with van der Waals surface area (Å²) in [6.07, 6.45) is 0.847. The van der Waals surface area contributed by atoms with Gasteiger partial charge in [-0.05, 0) is 46.3 Å². The van der Waals surface area contributed by atoms with E-state index in [1.807, 2.05) is 24.3 Å². The van der Waals surface area contributed by atoms with E-state index in [4.69, 9.17) is 4.74 Å². The van der Waals surface area contributed by atoms with Gasteiger partial charge in [0.05, 0.1) is 4.47 Å². The second-order valence-electron chi connectivity index (χ2n) is 6.06. The number of likely N-dealkylation sites (tertiary alicyclic amines) is 1. The van der Waals surface area contributed by atoms with E-state index in [1.165, 1.54) is 6.42 Å². The Bertz CT molecular complexity index is 422. The number of β-amino-alcohol motifs (C(OH)–C–C–N with tert-alkyl or cyclic N) is 1. The standard InChI is InChI=1S/C16H24BrNO2.ClH/c1-12-7-13(2)9-18(8-12)10-14(19)11-20-16-6-4-3-5-15(16)17;/h3-6,12-14,19H,7-11H2,1-2H3;1H. The van der Waals surface area contributed by atoms with Crippen molar-refractivity contribution in [3.8, 4) is 5.75 Å². The predicted molar refractivity (Wildman–Crippen MR) is 92.3 cm³/mol. The molecule has 120 valence electrons. The van der Waals surface area contributed by atoms with Gasteiger partial charge in [0.15, 0.2) is 0 Å². The minimum Gasteiger partial charge on any atom is -0.490 e. The maximum absolute atomic E-state index is 10.1. The number of para-hydroxylation sites is 1. The summed E-state index contributed by atoms with van der Waals surface area (Å²) in [6, 6.07) is 7.72. The molecule has 3 atom stereocenters. The van der Waals surface area contributed by atoms with Gasteiger partial charge in [0.2, 0.25) is 0 Å². The van der Waals surface area contributed by atoms with Gasteiger partial charge in [-0.3, -0.25) is 0 Å². The molecule has 1 aliphatic heterocycles. The van der Waals surface area contributed by atoms with E-state index in [9.17, 15) is 5.11 Å². The monoisotopic (exact) mass is 377 g/mol. The van der Waals surface area contributed by atoms with Crippen LogP contribution in [-0.4, -0.2) is 42.4 Å². The molecule has 3 unspecified atom stereocenters. The minimum atomic E-state index is -0.445. The van der Waals surface area contributed by atoms with Crippen molar-refractivity contribution in [1.29, 1.82) is 0 Å². The molecule has 1 heterocycles. The number of hydrogen-bond donors (Lipinski definition) is 1. The van der Waals surface area contributed by atoms with Crippen molar-refractivity contribution in [3.63, 3.8) is 0 Å². The van der Waals surface area contributed by atoms with Crippen LogP contribution >= 0.6 is 28.3 Å². The summed E-state index contributed by atoms with van der Waals surface area (Å²) in [7, 11) is 0. The van der Waals surface area contributed by atoms with E-state index in [-0.39, 0.29) is 12.4 Å². The van der Waals surface area contributed by atoms with Crippen LogP contribution in [0.1, 0.15) is 20.3 Å². The molecule has 0 bridgehead atoms. The van der Waals surface area contributed by atoms with E-state index in [1.54, 1.807) is 0 Å². The number of benzene rings is 1. The van der Waals surface area contributed by atoms with Crippen molar-refractivity contribution in [2.24, 2.45) is 11.8 Å². The second-order valence-corrected chi connectivity index (χ2v) is 6.91. The Hall–Kier alpha value is -0.290. The first kappa shape index (κ1) is 18.8. The molecular weight excluding hydrogens is 354 g/mol. The molecular formula is C16H25BrClNO2. The highest BCUT2D eigenvalue weighted by Crippen LogP contribution is 2.24.